The lowest BCUT2D eigenvalue weighted by Crippen LogP contribution is -2.12. The first-order valence-electron chi connectivity index (χ1n) is 6.66. The summed E-state index contributed by atoms with van der Waals surface area (Å²) in [5.41, 5.74) is 2.30. The van der Waals surface area contributed by atoms with E-state index >= 15 is 0 Å². The molecule has 2 aromatic heterocycles. The lowest BCUT2D eigenvalue weighted by Gasteiger charge is -2.09. The minimum atomic E-state index is 0.120. The topological polar surface area (TPSA) is 50.8 Å². The fourth-order valence-electron chi connectivity index (χ4n) is 2.10. The quantitative estimate of drug-likeness (QED) is 0.781. The molecule has 0 fully saturated rings. The molecule has 0 amide bonds. The summed E-state index contributed by atoms with van der Waals surface area (Å²) < 4.78 is 7.06. The molecule has 1 N–H and O–H groups in total. The highest BCUT2D eigenvalue weighted by atomic mass is 32.1. The molecule has 104 valence electrons. The molecule has 0 bridgehead atoms. The van der Waals surface area contributed by atoms with Gasteiger partial charge in [0.15, 0.2) is 0 Å². The van der Waals surface area contributed by atoms with Crippen LogP contribution in [0.3, 0.4) is 0 Å². The van der Waals surface area contributed by atoms with Gasteiger partial charge in [-0.15, -0.1) is 11.3 Å². The number of imidazole rings is 1. The predicted octanol–water partition coefficient (Wildman–Crippen LogP) is 3.48. The van der Waals surface area contributed by atoms with Crippen molar-refractivity contribution in [1.29, 1.82) is 0 Å². The summed E-state index contributed by atoms with van der Waals surface area (Å²) in [6, 6.07) is 6.35. The van der Waals surface area contributed by atoms with Gasteiger partial charge >= 0.3 is 0 Å². The molecule has 3 aromatic rings. The number of H-pyrrole nitrogens is 1. The van der Waals surface area contributed by atoms with Crippen LogP contribution >= 0.6 is 11.3 Å². The van der Waals surface area contributed by atoms with Crippen molar-refractivity contribution in [1.82, 2.24) is 15.0 Å². The van der Waals surface area contributed by atoms with Crippen LogP contribution in [-0.2, 0) is 17.8 Å². The molecular weight excluding hydrogens is 270 g/mol. The van der Waals surface area contributed by atoms with E-state index in [9.17, 15) is 0 Å². The molecule has 1 unspecified atom stereocenters. The number of hydrogen-bond acceptors (Lipinski definition) is 4. The lowest BCUT2D eigenvalue weighted by molar-refractivity contribution is 0.0523. The average Bonchev–Trinajstić information content (AvgIpc) is 3.04. The van der Waals surface area contributed by atoms with Crippen molar-refractivity contribution in [3.05, 3.63) is 47.0 Å². The van der Waals surface area contributed by atoms with E-state index < -0.39 is 0 Å². The summed E-state index contributed by atoms with van der Waals surface area (Å²) in [6.45, 7) is 4.70. The van der Waals surface area contributed by atoms with Crippen molar-refractivity contribution < 1.29 is 4.74 Å². The molecule has 3 rings (SSSR count). The van der Waals surface area contributed by atoms with Gasteiger partial charge in [-0.2, -0.15) is 0 Å². The van der Waals surface area contributed by atoms with Crippen LogP contribution in [0.15, 0.2) is 30.6 Å². The number of aromatic nitrogens is 3. The normalized spacial score (nSPS) is 12.9. The number of aromatic amines is 1. The second kappa shape index (κ2) is 5.73. The maximum absolute atomic E-state index is 5.85. The van der Waals surface area contributed by atoms with Gasteiger partial charge in [-0.3, -0.25) is 0 Å². The Morgan fingerprint density at radius 1 is 1.40 bits per heavy atom. The van der Waals surface area contributed by atoms with Crippen molar-refractivity contribution in [2.75, 3.05) is 0 Å². The molecule has 4 nitrogen and oxygen atoms in total. The molecular formula is C15H17N3OS. The van der Waals surface area contributed by atoms with Gasteiger partial charge in [-0.25, -0.2) is 9.97 Å². The largest absolute Gasteiger partial charge is 0.371 e. The van der Waals surface area contributed by atoms with Crippen LogP contribution < -0.4 is 0 Å². The number of nitrogens with zero attached hydrogens (tertiary/aromatic N) is 2. The summed E-state index contributed by atoms with van der Waals surface area (Å²) in [4.78, 5) is 11.9. The van der Waals surface area contributed by atoms with Crippen LogP contribution in [0.4, 0.5) is 0 Å². The van der Waals surface area contributed by atoms with Gasteiger partial charge < -0.3 is 9.72 Å². The van der Waals surface area contributed by atoms with Crippen molar-refractivity contribution in [2.45, 2.75) is 33.0 Å². The summed E-state index contributed by atoms with van der Waals surface area (Å²) >= 11 is 1.70. The Balaban J connectivity index is 1.61. The minimum absolute atomic E-state index is 0.120. The van der Waals surface area contributed by atoms with Gasteiger partial charge in [-0.1, -0.05) is 6.07 Å². The molecule has 1 aromatic carbocycles. The van der Waals surface area contributed by atoms with Crippen molar-refractivity contribution in [3.8, 4) is 0 Å². The zero-order valence-electron chi connectivity index (χ0n) is 11.6. The number of benzene rings is 1. The Morgan fingerprint density at radius 2 is 2.30 bits per heavy atom. The second-order valence-corrected chi connectivity index (χ2v) is 6.06. The van der Waals surface area contributed by atoms with Crippen LogP contribution in [0.1, 0.15) is 23.3 Å². The number of ether oxygens (including phenoxy) is 1. The fraction of sp³-hybridized carbons (Fsp3) is 0.333. The van der Waals surface area contributed by atoms with E-state index in [0.717, 1.165) is 22.8 Å². The Labute approximate surface area is 121 Å². The molecule has 0 spiro atoms. The highest BCUT2D eigenvalue weighted by Gasteiger charge is 2.09. The Bertz CT molecular complexity index is 690. The maximum atomic E-state index is 5.85. The maximum Gasteiger partial charge on any atom is 0.120 e. The van der Waals surface area contributed by atoms with E-state index in [0.29, 0.717) is 6.61 Å². The predicted molar refractivity (Wildman–Crippen MR) is 80.9 cm³/mol. The van der Waals surface area contributed by atoms with E-state index in [2.05, 4.69) is 47.0 Å². The van der Waals surface area contributed by atoms with Crippen molar-refractivity contribution in [3.63, 3.8) is 0 Å². The first-order valence-corrected chi connectivity index (χ1v) is 7.48. The number of nitrogens with one attached hydrogen (secondary N) is 1. The highest BCUT2D eigenvalue weighted by Crippen LogP contribution is 2.23. The first-order chi connectivity index (χ1) is 9.70. The van der Waals surface area contributed by atoms with Crippen LogP contribution in [-0.4, -0.2) is 21.1 Å². The van der Waals surface area contributed by atoms with Crippen LogP contribution in [0.25, 0.3) is 10.2 Å². The third-order valence-corrected chi connectivity index (χ3v) is 4.12. The van der Waals surface area contributed by atoms with Crippen LogP contribution in [0.5, 0.6) is 0 Å². The average molecular weight is 287 g/mol. The van der Waals surface area contributed by atoms with E-state index in [-0.39, 0.29) is 6.10 Å². The van der Waals surface area contributed by atoms with Crippen LogP contribution in [0.2, 0.25) is 0 Å². The minimum Gasteiger partial charge on any atom is -0.371 e. The first kappa shape index (κ1) is 13.3. The molecule has 0 saturated heterocycles. The molecule has 0 aliphatic heterocycles. The summed E-state index contributed by atoms with van der Waals surface area (Å²) in [6.07, 6.45) is 4.50. The molecule has 20 heavy (non-hydrogen) atoms. The Morgan fingerprint density at radius 3 is 3.10 bits per heavy atom. The van der Waals surface area contributed by atoms with Gasteiger partial charge in [0.25, 0.3) is 0 Å². The lowest BCUT2D eigenvalue weighted by atomic mass is 10.2. The van der Waals surface area contributed by atoms with E-state index in [1.165, 1.54) is 10.3 Å². The second-order valence-electron chi connectivity index (χ2n) is 4.94. The standard InChI is InChI=1S/C15H17N3OS/c1-10-3-4-13-12(7-10)18-15(20-13)9-19-11(2)8-14-16-5-6-17-14/h3-7,11H,8-9H2,1-2H3,(H,16,17). The van der Waals surface area contributed by atoms with Gasteiger partial charge in [0, 0.05) is 18.8 Å². The summed E-state index contributed by atoms with van der Waals surface area (Å²) in [5.74, 6) is 0.956. The van der Waals surface area contributed by atoms with Crippen molar-refractivity contribution in [2.24, 2.45) is 0 Å². The number of rotatable bonds is 5. The smallest absolute Gasteiger partial charge is 0.120 e. The van der Waals surface area contributed by atoms with E-state index in [4.69, 9.17) is 4.74 Å². The zero-order valence-corrected chi connectivity index (χ0v) is 12.4. The number of thiazole rings is 1. The molecule has 2 heterocycles. The van der Waals surface area contributed by atoms with Crippen LogP contribution in [0, 0.1) is 6.92 Å². The highest BCUT2D eigenvalue weighted by molar-refractivity contribution is 7.18. The molecule has 0 radical (unpaired) electrons. The SMILES string of the molecule is Cc1ccc2sc(COC(C)Cc3ncc[nH]3)nc2c1. The number of hydrogen-bond donors (Lipinski definition) is 1. The van der Waals surface area contributed by atoms with Gasteiger partial charge in [0.05, 0.1) is 22.9 Å². The fourth-order valence-corrected chi connectivity index (χ4v) is 2.97. The Hall–Kier alpha value is -1.72. The molecule has 0 saturated carbocycles. The molecule has 1 atom stereocenters. The number of fused-ring (bicyclic) bond motifs is 1. The Kier molecular flexibility index (Phi) is 3.80. The molecule has 5 heteroatoms. The number of aryl methyl sites for hydroxylation is 1. The van der Waals surface area contributed by atoms with Gasteiger partial charge in [0.1, 0.15) is 10.8 Å². The third-order valence-electron chi connectivity index (χ3n) is 3.11. The van der Waals surface area contributed by atoms with Gasteiger partial charge in [0.2, 0.25) is 0 Å². The van der Waals surface area contributed by atoms with Gasteiger partial charge in [-0.05, 0) is 31.5 Å². The van der Waals surface area contributed by atoms with Crippen molar-refractivity contribution >= 4 is 21.6 Å². The summed E-state index contributed by atoms with van der Waals surface area (Å²) in [7, 11) is 0. The third kappa shape index (κ3) is 3.05. The van der Waals surface area contributed by atoms with E-state index in [1.54, 1.807) is 17.5 Å². The molecule has 0 aliphatic rings. The van der Waals surface area contributed by atoms with E-state index in [1.807, 2.05) is 6.20 Å². The zero-order chi connectivity index (χ0) is 13.9. The molecule has 0 aliphatic carbocycles. The summed E-state index contributed by atoms with van der Waals surface area (Å²) in [5, 5.41) is 1.02. The monoisotopic (exact) mass is 287 g/mol.